The molecule has 1 aromatic carbocycles. The van der Waals surface area contributed by atoms with E-state index in [2.05, 4.69) is 11.8 Å². The van der Waals surface area contributed by atoms with Gasteiger partial charge in [-0.25, -0.2) is 0 Å². The average Bonchev–Trinajstić information content (AvgIpc) is 2.57. The van der Waals surface area contributed by atoms with E-state index in [4.69, 9.17) is 0 Å². The van der Waals surface area contributed by atoms with Gasteiger partial charge >= 0.3 is 12.1 Å². The molecule has 1 amide bonds. The third-order valence-electron chi connectivity index (χ3n) is 4.36. The Morgan fingerprint density at radius 1 is 1.14 bits per heavy atom. The second-order valence-electron chi connectivity index (χ2n) is 8.00. The van der Waals surface area contributed by atoms with E-state index in [9.17, 15) is 23.1 Å². The molecule has 0 aliphatic heterocycles. The number of amides is 1. The molecule has 2 N–H and O–H groups in total. The first-order chi connectivity index (χ1) is 12.9. The van der Waals surface area contributed by atoms with Gasteiger partial charge in [0.15, 0.2) is 0 Å². The van der Waals surface area contributed by atoms with Gasteiger partial charge in [-0.3, -0.25) is 4.79 Å². The number of benzene rings is 1. The molecule has 0 saturated heterocycles. The van der Waals surface area contributed by atoms with E-state index in [1.165, 1.54) is 0 Å². The number of halogens is 3. The Hall–Kier alpha value is -2.00. The molecule has 0 radical (unpaired) electrons. The van der Waals surface area contributed by atoms with Crippen molar-refractivity contribution in [3.8, 4) is 11.8 Å². The molecule has 0 spiro atoms. The van der Waals surface area contributed by atoms with Crippen LogP contribution < -0.4 is 5.32 Å². The second-order valence-corrected chi connectivity index (χ2v) is 8.00. The lowest BCUT2D eigenvalue weighted by Crippen LogP contribution is -2.42. The molecule has 0 fully saturated rings. The fourth-order valence-electron chi connectivity index (χ4n) is 3.06. The zero-order chi connectivity index (χ0) is 21.4. The zero-order valence-electron chi connectivity index (χ0n) is 17.0. The van der Waals surface area contributed by atoms with E-state index in [-0.39, 0.29) is 6.54 Å². The van der Waals surface area contributed by atoms with Gasteiger partial charge in [0, 0.05) is 12.1 Å². The summed E-state index contributed by atoms with van der Waals surface area (Å²) in [4.78, 5) is 11.0. The summed E-state index contributed by atoms with van der Waals surface area (Å²) < 4.78 is 37.0. The van der Waals surface area contributed by atoms with Gasteiger partial charge < -0.3 is 10.4 Å². The number of hydrogen-bond acceptors (Lipinski definition) is 2. The number of rotatable bonds is 8. The number of hydrogen-bond donors (Lipinski definition) is 2. The van der Waals surface area contributed by atoms with E-state index in [1.54, 1.807) is 13.8 Å². The molecule has 0 aliphatic rings. The predicted octanol–water partition coefficient (Wildman–Crippen LogP) is 4.62. The minimum atomic E-state index is -4.88. The fourth-order valence-corrected chi connectivity index (χ4v) is 3.06. The van der Waals surface area contributed by atoms with Gasteiger partial charge in [0.25, 0.3) is 0 Å². The van der Waals surface area contributed by atoms with Crippen molar-refractivity contribution < 1.29 is 23.1 Å². The number of aliphatic hydroxyl groups is 1. The van der Waals surface area contributed by atoms with Crippen molar-refractivity contribution in [1.29, 1.82) is 0 Å². The molecule has 156 valence electrons. The third-order valence-corrected chi connectivity index (χ3v) is 4.36. The Morgan fingerprint density at radius 2 is 1.75 bits per heavy atom. The van der Waals surface area contributed by atoms with Crippen LogP contribution in [0.5, 0.6) is 0 Å². The highest BCUT2D eigenvalue weighted by Crippen LogP contribution is 2.23. The molecule has 1 rings (SSSR count). The van der Waals surface area contributed by atoms with E-state index < -0.39 is 23.1 Å². The minimum absolute atomic E-state index is 0.0893. The maximum atomic E-state index is 12.3. The molecular formula is C22H30F3NO2. The largest absolute Gasteiger partial charge is 0.471 e. The molecule has 0 saturated carbocycles. The number of alkyl halides is 3. The Kier molecular flexibility index (Phi) is 8.56. The standard InChI is InChI=1S/C22H30F3NO2/c1-5-11-21(28,12-6-2)13-10-17-8-7-9-18(14-17)15-20(3,4)16-26-19(27)22(23,24)25/h7-9,14,28H,5-6,11-12,15-16H2,1-4H3,(H,26,27). The monoisotopic (exact) mass is 397 g/mol. The van der Waals surface area contributed by atoms with Crippen LogP contribution in [0.15, 0.2) is 24.3 Å². The van der Waals surface area contributed by atoms with Gasteiger partial charge in [0.05, 0.1) is 0 Å². The first-order valence-electron chi connectivity index (χ1n) is 9.60. The molecule has 0 unspecified atom stereocenters. The topological polar surface area (TPSA) is 49.3 Å². The lowest BCUT2D eigenvalue weighted by Gasteiger charge is -2.25. The smallest absolute Gasteiger partial charge is 0.378 e. The summed E-state index contributed by atoms with van der Waals surface area (Å²) in [5.41, 5.74) is 0.101. The molecule has 0 aromatic heterocycles. The first-order valence-corrected chi connectivity index (χ1v) is 9.60. The first kappa shape index (κ1) is 24.0. The summed E-state index contributed by atoms with van der Waals surface area (Å²) in [7, 11) is 0. The number of carbonyl (C=O) groups excluding carboxylic acids is 1. The van der Waals surface area contributed by atoms with E-state index >= 15 is 0 Å². The maximum Gasteiger partial charge on any atom is 0.471 e. The highest BCUT2D eigenvalue weighted by Gasteiger charge is 2.39. The summed E-state index contributed by atoms with van der Waals surface area (Å²) >= 11 is 0. The quantitative estimate of drug-likeness (QED) is 0.629. The van der Waals surface area contributed by atoms with Crippen molar-refractivity contribution >= 4 is 5.91 Å². The molecule has 0 bridgehead atoms. The Morgan fingerprint density at radius 3 is 2.29 bits per heavy atom. The Balaban J connectivity index is 2.85. The molecule has 6 heteroatoms. The molecule has 28 heavy (non-hydrogen) atoms. The summed E-state index contributed by atoms with van der Waals surface area (Å²) in [6, 6.07) is 7.43. The highest BCUT2D eigenvalue weighted by molar-refractivity contribution is 5.81. The van der Waals surface area contributed by atoms with Crippen LogP contribution in [0.25, 0.3) is 0 Å². The summed E-state index contributed by atoms with van der Waals surface area (Å²) in [6.45, 7) is 7.51. The van der Waals surface area contributed by atoms with Crippen molar-refractivity contribution in [1.82, 2.24) is 5.32 Å². The van der Waals surface area contributed by atoms with Crippen LogP contribution in [0.2, 0.25) is 0 Å². The third kappa shape index (κ3) is 8.35. The Labute approximate surface area is 165 Å². The summed E-state index contributed by atoms with van der Waals surface area (Å²) in [5.74, 6) is 4.09. The van der Waals surface area contributed by atoms with Gasteiger partial charge in [-0.1, -0.05) is 64.5 Å². The van der Waals surface area contributed by atoms with E-state index in [1.807, 2.05) is 43.4 Å². The van der Waals surface area contributed by atoms with Crippen LogP contribution in [0.4, 0.5) is 13.2 Å². The van der Waals surface area contributed by atoms with Crippen molar-refractivity contribution in [2.75, 3.05) is 6.54 Å². The van der Waals surface area contributed by atoms with Crippen LogP contribution in [0, 0.1) is 17.3 Å². The molecule has 3 nitrogen and oxygen atoms in total. The zero-order valence-corrected chi connectivity index (χ0v) is 17.0. The molecule has 0 aliphatic carbocycles. The van der Waals surface area contributed by atoms with Crippen LogP contribution in [-0.4, -0.2) is 29.3 Å². The molecule has 0 heterocycles. The number of carbonyl (C=O) groups is 1. The molecular weight excluding hydrogens is 367 g/mol. The van der Waals surface area contributed by atoms with Crippen LogP contribution in [-0.2, 0) is 11.2 Å². The maximum absolute atomic E-state index is 12.3. The normalized spacial score (nSPS) is 12.3. The average molecular weight is 397 g/mol. The molecule has 1 aromatic rings. The Bertz CT molecular complexity index is 708. The van der Waals surface area contributed by atoms with Crippen molar-refractivity contribution in [3.63, 3.8) is 0 Å². The highest BCUT2D eigenvalue weighted by atomic mass is 19.4. The van der Waals surface area contributed by atoms with Crippen molar-refractivity contribution in [2.45, 2.75) is 71.6 Å². The van der Waals surface area contributed by atoms with Gasteiger partial charge in [-0.15, -0.1) is 0 Å². The van der Waals surface area contributed by atoms with Crippen LogP contribution in [0.1, 0.15) is 64.5 Å². The lowest BCUT2D eigenvalue weighted by atomic mass is 9.85. The lowest BCUT2D eigenvalue weighted by molar-refractivity contribution is -0.174. The second kappa shape index (κ2) is 9.97. The van der Waals surface area contributed by atoms with Crippen LogP contribution in [0.3, 0.4) is 0 Å². The van der Waals surface area contributed by atoms with Gasteiger partial charge in [0.2, 0.25) is 0 Å². The van der Waals surface area contributed by atoms with E-state index in [0.717, 1.165) is 24.0 Å². The number of nitrogens with one attached hydrogen (secondary N) is 1. The van der Waals surface area contributed by atoms with Gasteiger partial charge in [0.1, 0.15) is 5.60 Å². The van der Waals surface area contributed by atoms with Gasteiger partial charge in [-0.2, -0.15) is 13.2 Å². The van der Waals surface area contributed by atoms with Crippen LogP contribution >= 0.6 is 0 Å². The minimum Gasteiger partial charge on any atom is -0.378 e. The van der Waals surface area contributed by atoms with Gasteiger partial charge in [-0.05, 0) is 42.4 Å². The summed E-state index contributed by atoms with van der Waals surface area (Å²) in [5, 5.41) is 12.6. The fraction of sp³-hybridized carbons (Fsp3) is 0.591. The predicted molar refractivity (Wildman–Crippen MR) is 105 cm³/mol. The SMILES string of the molecule is CCCC(O)(C#Cc1cccc(CC(C)(C)CNC(=O)C(F)(F)F)c1)CCC. The van der Waals surface area contributed by atoms with E-state index in [0.29, 0.717) is 19.3 Å². The van der Waals surface area contributed by atoms with Crippen molar-refractivity contribution in [2.24, 2.45) is 5.41 Å². The molecule has 0 atom stereocenters. The van der Waals surface area contributed by atoms with Crippen molar-refractivity contribution in [3.05, 3.63) is 35.4 Å². The summed E-state index contributed by atoms with van der Waals surface area (Å²) in [6.07, 6.45) is -1.50.